The van der Waals surface area contributed by atoms with Gasteiger partial charge in [-0.1, -0.05) is 62.4 Å². The molecule has 40 heavy (non-hydrogen) atoms. The topological polar surface area (TPSA) is 90.9 Å². The number of carbonyl (C=O) groups is 3. The Morgan fingerprint density at radius 2 is 1.40 bits per heavy atom. The van der Waals surface area contributed by atoms with E-state index in [0.717, 1.165) is 22.3 Å². The highest BCUT2D eigenvalue weighted by Gasteiger charge is 2.33. The van der Waals surface area contributed by atoms with Crippen LogP contribution in [0.5, 0.6) is 0 Å². The van der Waals surface area contributed by atoms with Crippen molar-refractivity contribution in [3.8, 4) is 11.1 Å². The number of nitrogens with one attached hydrogen (secondary N) is 1. The first-order chi connectivity index (χ1) is 18.6. The number of rotatable bonds is 11. The molecule has 0 spiro atoms. The van der Waals surface area contributed by atoms with Gasteiger partial charge in [-0.3, -0.25) is 9.59 Å². The summed E-state index contributed by atoms with van der Waals surface area (Å²) < 4.78 is 17.2. The van der Waals surface area contributed by atoms with Crippen molar-refractivity contribution in [2.45, 2.75) is 91.4 Å². The Kier molecular flexibility index (Phi) is 10.2. The van der Waals surface area contributed by atoms with Crippen molar-refractivity contribution in [1.82, 2.24) is 5.32 Å². The average Bonchev–Trinajstić information content (AvgIpc) is 3.16. The smallest absolute Gasteiger partial charge is 0.407 e. The standard InChI is InChI=1S/C33H45NO6/c1-21(2)17-22(30(36)40-33(6,7)8)18-29(35)28(20-39-32(3,4)5)34-31(37)38-19-27-25-15-11-9-13-23(25)24-14-10-12-16-26(24)27/h9-16,21-22,27-28H,17-20H2,1-8H3,(H,34,37)/t22-,28+/m1/s1. The van der Waals surface area contributed by atoms with Crippen molar-refractivity contribution in [2.24, 2.45) is 11.8 Å². The summed E-state index contributed by atoms with van der Waals surface area (Å²) in [5, 5.41) is 2.72. The highest BCUT2D eigenvalue weighted by Crippen LogP contribution is 2.44. The van der Waals surface area contributed by atoms with Crippen LogP contribution in [-0.2, 0) is 23.8 Å². The molecule has 0 fully saturated rings. The third kappa shape index (κ3) is 8.91. The monoisotopic (exact) mass is 551 g/mol. The maximum atomic E-state index is 13.5. The highest BCUT2D eigenvalue weighted by atomic mass is 16.6. The minimum atomic E-state index is -0.966. The molecule has 0 heterocycles. The number of fused-ring (bicyclic) bond motifs is 3. The normalized spacial score (nSPS) is 14.7. The van der Waals surface area contributed by atoms with Crippen molar-refractivity contribution in [3.05, 3.63) is 59.7 Å². The van der Waals surface area contributed by atoms with Crippen LogP contribution in [0.4, 0.5) is 4.79 Å². The molecule has 1 N–H and O–H groups in total. The number of benzene rings is 2. The molecule has 1 amide bonds. The van der Waals surface area contributed by atoms with Gasteiger partial charge in [-0.25, -0.2) is 4.79 Å². The molecule has 3 rings (SSSR count). The van der Waals surface area contributed by atoms with Crippen molar-refractivity contribution in [3.63, 3.8) is 0 Å². The van der Waals surface area contributed by atoms with E-state index in [4.69, 9.17) is 14.2 Å². The minimum Gasteiger partial charge on any atom is -0.460 e. The number of ketones is 1. The highest BCUT2D eigenvalue weighted by molar-refractivity contribution is 5.90. The van der Waals surface area contributed by atoms with Crippen molar-refractivity contribution in [2.75, 3.05) is 13.2 Å². The predicted octanol–water partition coefficient (Wildman–Crippen LogP) is 6.67. The van der Waals surface area contributed by atoms with Crippen LogP contribution in [0.25, 0.3) is 11.1 Å². The van der Waals surface area contributed by atoms with Gasteiger partial charge in [0.15, 0.2) is 5.78 Å². The maximum absolute atomic E-state index is 13.5. The van der Waals surface area contributed by atoms with Crippen molar-refractivity contribution in [1.29, 1.82) is 0 Å². The van der Waals surface area contributed by atoms with Gasteiger partial charge < -0.3 is 19.5 Å². The van der Waals surface area contributed by atoms with Crippen LogP contribution in [-0.4, -0.2) is 48.3 Å². The molecule has 0 unspecified atom stereocenters. The molecule has 0 saturated carbocycles. The first kappa shape index (κ1) is 31.3. The molecule has 7 heteroatoms. The van der Waals surface area contributed by atoms with Gasteiger partial charge in [-0.2, -0.15) is 0 Å². The minimum absolute atomic E-state index is 0.0325. The summed E-state index contributed by atoms with van der Waals surface area (Å²) in [5.74, 6) is -1.24. The molecule has 0 aliphatic heterocycles. The molecule has 1 aliphatic carbocycles. The van der Waals surface area contributed by atoms with Gasteiger partial charge in [-0.15, -0.1) is 0 Å². The number of carbonyl (C=O) groups excluding carboxylic acids is 3. The van der Waals surface area contributed by atoms with Crippen LogP contribution in [0.15, 0.2) is 48.5 Å². The van der Waals surface area contributed by atoms with E-state index >= 15 is 0 Å². The van der Waals surface area contributed by atoms with Crippen LogP contribution >= 0.6 is 0 Å². The van der Waals surface area contributed by atoms with Crippen LogP contribution in [0, 0.1) is 11.8 Å². The number of alkyl carbamates (subject to hydrolysis) is 1. The summed E-state index contributed by atoms with van der Waals surface area (Å²) in [6.07, 6.45) is -0.261. The molecule has 2 aromatic carbocycles. The summed E-state index contributed by atoms with van der Waals surface area (Å²) in [7, 11) is 0. The number of Topliss-reactive ketones (excluding diaryl/α,β-unsaturated/α-hetero) is 1. The Balaban J connectivity index is 1.71. The molecule has 218 valence electrons. The number of esters is 1. The molecular formula is C33H45NO6. The lowest BCUT2D eigenvalue weighted by molar-refractivity contribution is -0.162. The Morgan fingerprint density at radius 3 is 1.90 bits per heavy atom. The van der Waals surface area contributed by atoms with Crippen LogP contribution in [0.3, 0.4) is 0 Å². The summed E-state index contributed by atoms with van der Waals surface area (Å²) in [6.45, 7) is 15.1. The Bertz CT molecular complexity index is 1140. The summed E-state index contributed by atoms with van der Waals surface area (Å²) in [4.78, 5) is 39.4. The van der Waals surface area contributed by atoms with Gasteiger partial charge in [0.25, 0.3) is 0 Å². The molecule has 7 nitrogen and oxygen atoms in total. The van der Waals surface area contributed by atoms with Gasteiger partial charge in [0, 0.05) is 12.3 Å². The van der Waals surface area contributed by atoms with Gasteiger partial charge in [0.05, 0.1) is 18.1 Å². The zero-order valence-corrected chi connectivity index (χ0v) is 25.2. The Morgan fingerprint density at radius 1 is 0.850 bits per heavy atom. The summed E-state index contributed by atoms with van der Waals surface area (Å²) >= 11 is 0. The second-order valence-corrected chi connectivity index (χ2v) is 13.0. The van der Waals surface area contributed by atoms with E-state index in [1.165, 1.54) is 0 Å². The second kappa shape index (κ2) is 13.0. The van der Waals surface area contributed by atoms with E-state index in [0.29, 0.717) is 6.42 Å². The Hall–Kier alpha value is -3.19. The fourth-order valence-corrected chi connectivity index (χ4v) is 4.93. The third-order valence-electron chi connectivity index (χ3n) is 6.65. The Labute approximate surface area is 239 Å². The van der Waals surface area contributed by atoms with Crippen LogP contribution < -0.4 is 5.32 Å². The number of hydrogen-bond donors (Lipinski definition) is 1. The predicted molar refractivity (Wildman–Crippen MR) is 156 cm³/mol. The van der Waals surface area contributed by atoms with Crippen LogP contribution in [0.2, 0.25) is 0 Å². The van der Waals surface area contributed by atoms with Gasteiger partial charge in [0.2, 0.25) is 0 Å². The number of ether oxygens (including phenoxy) is 3. The fourth-order valence-electron chi connectivity index (χ4n) is 4.93. The molecule has 1 aliphatic rings. The van der Waals surface area contributed by atoms with E-state index < -0.39 is 35.2 Å². The number of amides is 1. The van der Waals surface area contributed by atoms with Crippen molar-refractivity contribution >= 4 is 17.8 Å². The molecule has 2 aromatic rings. The van der Waals surface area contributed by atoms with Gasteiger partial charge >= 0.3 is 12.1 Å². The van der Waals surface area contributed by atoms with E-state index in [1.54, 1.807) is 20.8 Å². The van der Waals surface area contributed by atoms with Crippen molar-refractivity contribution < 1.29 is 28.6 Å². The van der Waals surface area contributed by atoms with E-state index in [9.17, 15) is 14.4 Å². The lowest BCUT2D eigenvalue weighted by Gasteiger charge is -2.27. The van der Waals surface area contributed by atoms with Crippen LogP contribution in [0.1, 0.15) is 85.3 Å². The first-order valence-corrected chi connectivity index (χ1v) is 14.2. The third-order valence-corrected chi connectivity index (χ3v) is 6.65. The zero-order valence-electron chi connectivity index (χ0n) is 25.2. The summed E-state index contributed by atoms with van der Waals surface area (Å²) in [5.41, 5.74) is 3.30. The average molecular weight is 552 g/mol. The second-order valence-electron chi connectivity index (χ2n) is 13.0. The maximum Gasteiger partial charge on any atom is 0.407 e. The van der Waals surface area contributed by atoms with E-state index in [-0.39, 0.29) is 37.3 Å². The fraction of sp³-hybridized carbons (Fsp3) is 0.545. The first-order valence-electron chi connectivity index (χ1n) is 14.2. The molecular weight excluding hydrogens is 506 g/mol. The molecule has 0 bridgehead atoms. The molecule has 0 saturated heterocycles. The summed E-state index contributed by atoms with van der Waals surface area (Å²) in [6, 6.07) is 15.2. The quantitative estimate of drug-likeness (QED) is 0.314. The zero-order chi connectivity index (χ0) is 29.7. The largest absolute Gasteiger partial charge is 0.460 e. The SMILES string of the molecule is CC(C)C[C@H](CC(=O)[C@H](COC(C)(C)C)NC(=O)OCC1c2ccccc2-c2ccccc21)C(=O)OC(C)(C)C. The van der Waals surface area contributed by atoms with Gasteiger partial charge in [-0.05, 0) is 76.1 Å². The number of hydrogen-bond acceptors (Lipinski definition) is 6. The van der Waals surface area contributed by atoms with Gasteiger partial charge in [0.1, 0.15) is 18.2 Å². The molecule has 2 atom stereocenters. The lowest BCUT2D eigenvalue weighted by Crippen LogP contribution is -2.47. The molecule has 0 aromatic heterocycles. The lowest BCUT2D eigenvalue weighted by atomic mass is 9.90. The van der Waals surface area contributed by atoms with E-state index in [1.807, 2.05) is 58.9 Å². The van der Waals surface area contributed by atoms with E-state index in [2.05, 4.69) is 29.6 Å². The molecule has 0 radical (unpaired) electrons.